The molecule has 0 unspecified atom stereocenters. The number of benzene rings is 2. The van der Waals surface area contributed by atoms with Crippen LogP contribution in [0.2, 0.25) is 0 Å². The number of oxime groups is 1. The number of hydrogen-bond donors (Lipinski definition) is 1. The number of rotatable bonds is 4. The summed E-state index contributed by atoms with van der Waals surface area (Å²) in [6, 6.07) is 11.9. The first-order valence-electron chi connectivity index (χ1n) is 9.66. The highest BCUT2D eigenvalue weighted by atomic mass is 16.5. The van der Waals surface area contributed by atoms with E-state index in [0.29, 0.717) is 17.8 Å². The smallest absolute Gasteiger partial charge is 0.325 e. The normalized spacial score (nSPS) is 17.4. The number of hydrogen-bond acceptors (Lipinski definition) is 6. The topological polar surface area (TPSA) is 82.4 Å². The van der Waals surface area contributed by atoms with Gasteiger partial charge in [0.05, 0.1) is 12.8 Å². The number of carbonyl (C=O) groups excluding carboxylic acids is 2. The SMILES string of the molecule is CCN1CCc2c(-c3ccccc3)cc3c(c2C1)N(CC(=O)OC)C(=O)/C3=N\O. The van der Waals surface area contributed by atoms with Crippen LogP contribution in [0, 0.1) is 0 Å². The van der Waals surface area contributed by atoms with Gasteiger partial charge in [-0.2, -0.15) is 0 Å². The Kier molecular flexibility index (Phi) is 5.07. The lowest BCUT2D eigenvalue weighted by Crippen LogP contribution is -2.37. The number of ether oxygens (including phenoxy) is 1. The zero-order valence-corrected chi connectivity index (χ0v) is 16.5. The monoisotopic (exact) mass is 393 g/mol. The van der Waals surface area contributed by atoms with Gasteiger partial charge in [0.2, 0.25) is 0 Å². The van der Waals surface area contributed by atoms with Crippen molar-refractivity contribution in [1.82, 2.24) is 4.90 Å². The standard InChI is InChI=1S/C22H23N3O4/c1-3-24-10-9-15-16(14-7-5-4-6-8-14)11-17-20(23-28)22(27)25(13-19(26)29-2)21(17)18(15)12-24/h4-8,11,28H,3,9-10,12-13H2,1-2H3/b23-20-. The van der Waals surface area contributed by atoms with Gasteiger partial charge in [-0.05, 0) is 41.3 Å². The first-order chi connectivity index (χ1) is 14.1. The lowest BCUT2D eigenvalue weighted by Gasteiger charge is -2.32. The molecule has 2 heterocycles. The fourth-order valence-corrected chi connectivity index (χ4v) is 4.22. The van der Waals surface area contributed by atoms with Crippen molar-refractivity contribution in [2.45, 2.75) is 19.9 Å². The molecule has 0 aromatic heterocycles. The summed E-state index contributed by atoms with van der Waals surface area (Å²) in [7, 11) is 1.29. The highest BCUT2D eigenvalue weighted by Gasteiger charge is 2.40. The van der Waals surface area contributed by atoms with Crippen LogP contribution in [0.25, 0.3) is 11.1 Å². The Morgan fingerprint density at radius 3 is 2.62 bits per heavy atom. The number of anilines is 1. The minimum absolute atomic E-state index is 0.0440. The van der Waals surface area contributed by atoms with Crippen molar-refractivity contribution in [3.63, 3.8) is 0 Å². The second-order valence-corrected chi connectivity index (χ2v) is 7.18. The molecule has 29 heavy (non-hydrogen) atoms. The van der Waals surface area contributed by atoms with Gasteiger partial charge in [0.15, 0.2) is 5.71 Å². The number of likely N-dealkylation sites (N-methyl/N-ethyl adjacent to an activating group) is 1. The molecule has 1 amide bonds. The van der Waals surface area contributed by atoms with Crippen LogP contribution >= 0.6 is 0 Å². The number of nitrogens with zero attached hydrogens (tertiary/aromatic N) is 3. The molecule has 150 valence electrons. The summed E-state index contributed by atoms with van der Waals surface area (Å²) in [4.78, 5) is 28.6. The summed E-state index contributed by atoms with van der Waals surface area (Å²) in [6.45, 7) is 4.36. The fourth-order valence-electron chi connectivity index (χ4n) is 4.22. The maximum Gasteiger partial charge on any atom is 0.325 e. The first kappa shape index (κ1) is 19.1. The number of fused-ring (bicyclic) bond motifs is 3. The molecule has 1 N–H and O–H groups in total. The van der Waals surface area contributed by atoms with Crippen LogP contribution in [0.1, 0.15) is 23.6 Å². The van der Waals surface area contributed by atoms with Crippen molar-refractivity contribution >= 4 is 23.3 Å². The second-order valence-electron chi connectivity index (χ2n) is 7.18. The van der Waals surface area contributed by atoms with E-state index in [4.69, 9.17) is 4.74 Å². The molecule has 0 aliphatic carbocycles. The van der Waals surface area contributed by atoms with Gasteiger partial charge >= 0.3 is 5.97 Å². The maximum atomic E-state index is 12.9. The summed E-state index contributed by atoms with van der Waals surface area (Å²) >= 11 is 0. The van der Waals surface area contributed by atoms with E-state index in [2.05, 4.69) is 17.0 Å². The van der Waals surface area contributed by atoms with E-state index in [-0.39, 0.29) is 12.3 Å². The van der Waals surface area contributed by atoms with E-state index in [9.17, 15) is 14.8 Å². The highest BCUT2D eigenvalue weighted by Crippen LogP contribution is 2.42. The molecule has 2 aromatic carbocycles. The van der Waals surface area contributed by atoms with E-state index < -0.39 is 11.9 Å². The number of amides is 1. The van der Waals surface area contributed by atoms with Crippen LogP contribution in [-0.2, 0) is 27.3 Å². The Morgan fingerprint density at radius 1 is 1.21 bits per heavy atom. The predicted octanol–water partition coefficient (Wildman–Crippen LogP) is 2.43. The molecule has 0 fully saturated rings. The zero-order valence-electron chi connectivity index (χ0n) is 16.5. The van der Waals surface area contributed by atoms with Crippen LogP contribution in [0.15, 0.2) is 41.6 Å². The molecule has 4 rings (SSSR count). The lowest BCUT2D eigenvalue weighted by molar-refractivity contribution is -0.139. The summed E-state index contributed by atoms with van der Waals surface area (Å²) in [5.41, 5.74) is 5.42. The Bertz CT molecular complexity index is 1000. The molecule has 0 bridgehead atoms. The molecule has 0 radical (unpaired) electrons. The molecular weight excluding hydrogens is 370 g/mol. The third kappa shape index (κ3) is 3.17. The highest BCUT2D eigenvalue weighted by molar-refractivity contribution is 6.55. The van der Waals surface area contributed by atoms with Gasteiger partial charge in [-0.3, -0.25) is 19.4 Å². The van der Waals surface area contributed by atoms with Gasteiger partial charge in [0.25, 0.3) is 5.91 Å². The second kappa shape index (κ2) is 7.67. The van der Waals surface area contributed by atoms with Crippen LogP contribution in [0.4, 0.5) is 5.69 Å². The van der Waals surface area contributed by atoms with Crippen LogP contribution in [0.3, 0.4) is 0 Å². The largest absolute Gasteiger partial charge is 0.468 e. The molecule has 0 atom stereocenters. The molecule has 7 nitrogen and oxygen atoms in total. The van der Waals surface area contributed by atoms with Crippen LogP contribution in [0.5, 0.6) is 0 Å². The lowest BCUT2D eigenvalue weighted by atomic mass is 9.87. The van der Waals surface area contributed by atoms with E-state index in [0.717, 1.165) is 36.2 Å². The van der Waals surface area contributed by atoms with Crippen molar-refractivity contribution in [3.05, 3.63) is 53.1 Å². The number of methoxy groups -OCH3 is 1. The minimum Gasteiger partial charge on any atom is -0.468 e. The quantitative estimate of drug-likeness (QED) is 0.490. The van der Waals surface area contributed by atoms with Crippen LogP contribution in [-0.4, -0.2) is 54.4 Å². The Morgan fingerprint density at radius 2 is 1.97 bits per heavy atom. The molecule has 7 heteroatoms. The number of carbonyl (C=O) groups is 2. The van der Waals surface area contributed by atoms with Crippen molar-refractivity contribution in [1.29, 1.82) is 0 Å². The molecule has 2 aliphatic rings. The molecule has 0 saturated carbocycles. The average molecular weight is 393 g/mol. The van der Waals surface area contributed by atoms with Crippen molar-refractivity contribution in [3.8, 4) is 11.1 Å². The molecule has 2 aliphatic heterocycles. The Hall–Kier alpha value is -3.19. The number of esters is 1. The predicted molar refractivity (Wildman–Crippen MR) is 109 cm³/mol. The van der Waals surface area contributed by atoms with Gasteiger partial charge in [-0.1, -0.05) is 42.4 Å². The van der Waals surface area contributed by atoms with Gasteiger partial charge in [-0.25, -0.2) is 0 Å². The molecule has 2 aromatic rings. The van der Waals surface area contributed by atoms with E-state index in [1.54, 1.807) is 0 Å². The molecular formula is C22H23N3O4. The van der Waals surface area contributed by atoms with Gasteiger partial charge < -0.3 is 9.94 Å². The van der Waals surface area contributed by atoms with Crippen molar-refractivity contribution in [2.75, 3.05) is 31.6 Å². The third-order valence-corrected chi connectivity index (χ3v) is 5.70. The van der Waals surface area contributed by atoms with Gasteiger partial charge in [0.1, 0.15) is 6.54 Å². The third-order valence-electron chi connectivity index (χ3n) is 5.70. The van der Waals surface area contributed by atoms with Gasteiger partial charge in [-0.15, -0.1) is 0 Å². The summed E-state index contributed by atoms with van der Waals surface area (Å²) in [5.74, 6) is -1.01. The summed E-state index contributed by atoms with van der Waals surface area (Å²) in [5, 5.41) is 12.8. The molecule has 0 spiro atoms. The van der Waals surface area contributed by atoms with E-state index >= 15 is 0 Å². The zero-order chi connectivity index (χ0) is 20.5. The maximum absolute atomic E-state index is 12.9. The van der Waals surface area contributed by atoms with E-state index in [1.807, 2.05) is 36.4 Å². The summed E-state index contributed by atoms with van der Waals surface area (Å²) < 4.78 is 4.78. The first-order valence-corrected chi connectivity index (χ1v) is 9.66. The fraction of sp³-hybridized carbons (Fsp3) is 0.318. The van der Waals surface area contributed by atoms with Gasteiger partial charge in [0, 0.05) is 18.7 Å². The van der Waals surface area contributed by atoms with E-state index in [1.165, 1.54) is 17.6 Å². The van der Waals surface area contributed by atoms with Crippen molar-refractivity contribution < 1.29 is 19.5 Å². The molecule has 0 saturated heterocycles. The Labute approximate surface area is 169 Å². The van der Waals surface area contributed by atoms with Crippen LogP contribution < -0.4 is 4.90 Å². The Balaban J connectivity index is 1.97. The van der Waals surface area contributed by atoms with Crippen molar-refractivity contribution in [2.24, 2.45) is 5.16 Å². The minimum atomic E-state index is -0.521. The average Bonchev–Trinajstić information content (AvgIpc) is 3.03. The summed E-state index contributed by atoms with van der Waals surface area (Å²) in [6.07, 6.45) is 0.840.